The Hall–Kier alpha value is -3.42. The highest BCUT2D eigenvalue weighted by Crippen LogP contribution is 2.15. The number of imide groups is 1. The van der Waals surface area contributed by atoms with E-state index in [2.05, 4.69) is 15.6 Å². The Bertz CT molecular complexity index is 823. The number of hydrogen-bond donors (Lipinski definition) is 3. The van der Waals surface area contributed by atoms with Gasteiger partial charge in [-0.3, -0.25) is 19.9 Å². The lowest BCUT2D eigenvalue weighted by molar-refractivity contribution is -0.132. The molecule has 1 aliphatic rings. The van der Waals surface area contributed by atoms with Crippen molar-refractivity contribution in [3.05, 3.63) is 59.9 Å². The molecule has 1 aromatic heterocycles. The zero-order valence-electron chi connectivity index (χ0n) is 14.6. The number of carbonyl (C=O) groups excluding carboxylic acids is 3. The molecule has 27 heavy (non-hydrogen) atoms. The van der Waals surface area contributed by atoms with Crippen LogP contribution in [0.25, 0.3) is 0 Å². The summed E-state index contributed by atoms with van der Waals surface area (Å²) in [5, 5.41) is 14.1. The number of rotatable bonds is 7. The van der Waals surface area contributed by atoms with Crippen LogP contribution in [0.2, 0.25) is 0 Å². The van der Waals surface area contributed by atoms with Crippen LogP contribution in [-0.2, 0) is 22.7 Å². The van der Waals surface area contributed by atoms with Crippen molar-refractivity contribution in [1.82, 2.24) is 20.5 Å². The molecule has 8 nitrogen and oxygen atoms in total. The van der Waals surface area contributed by atoms with Crippen LogP contribution in [0.4, 0.5) is 4.79 Å². The fraction of sp³-hybridized carbons (Fsp3) is 0.263. The monoisotopic (exact) mass is 368 g/mol. The molecule has 1 fully saturated rings. The topological polar surface area (TPSA) is 112 Å². The number of hydrogen-bond acceptors (Lipinski definition) is 5. The number of aromatic hydroxyl groups is 1. The third-order valence-corrected chi connectivity index (χ3v) is 4.26. The molecule has 0 radical (unpaired) electrons. The van der Waals surface area contributed by atoms with Gasteiger partial charge in [0.2, 0.25) is 5.91 Å². The number of urea groups is 1. The first kappa shape index (κ1) is 18.4. The van der Waals surface area contributed by atoms with E-state index in [4.69, 9.17) is 0 Å². The Balaban J connectivity index is 1.67. The highest BCUT2D eigenvalue weighted by Gasteiger charge is 2.30. The van der Waals surface area contributed by atoms with Crippen LogP contribution in [0.5, 0.6) is 5.75 Å². The van der Waals surface area contributed by atoms with E-state index in [1.54, 1.807) is 47.6 Å². The minimum Gasteiger partial charge on any atom is -0.508 e. The summed E-state index contributed by atoms with van der Waals surface area (Å²) in [5.41, 5.74) is 1.76. The van der Waals surface area contributed by atoms with E-state index in [1.807, 2.05) is 6.07 Å². The van der Waals surface area contributed by atoms with Crippen LogP contribution in [0.3, 0.4) is 0 Å². The summed E-state index contributed by atoms with van der Waals surface area (Å²) < 4.78 is 0. The molecule has 4 amide bonds. The Labute approximate surface area is 156 Å². The van der Waals surface area contributed by atoms with Gasteiger partial charge in [0.15, 0.2) is 0 Å². The van der Waals surface area contributed by atoms with Gasteiger partial charge in [0, 0.05) is 31.9 Å². The SMILES string of the molecule is O=C1NC(=O)[C@H](CCC(=O)N(Cc2ccc(O)cc2)Cc2cccnc2)N1. The molecule has 1 aliphatic heterocycles. The van der Waals surface area contributed by atoms with Crippen molar-refractivity contribution in [3.8, 4) is 5.75 Å². The molecule has 0 aliphatic carbocycles. The van der Waals surface area contributed by atoms with E-state index in [9.17, 15) is 19.5 Å². The molecule has 1 atom stereocenters. The quantitative estimate of drug-likeness (QED) is 0.638. The second kappa shape index (κ2) is 8.31. The maximum Gasteiger partial charge on any atom is 0.322 e. The number of phenolic OH excluding ortho intramolecular Hbond substituents is 1. The number of benzene rings is 1. The Kier molecular flexibility index (Phi) is 5.65. The third kappa shape index (κ3) is 5.04. The first-order chi connectivity index (χ1) is 13.0. The number of nitrogens with one attached hydrogen (secondary N) is 2. The largest absolute Gasteiger partial charge is 0.508 e. The maximum atomic E-state index is 12.8. The van der Waals surface area contributed by atoms with E-state index < -0.39 is 18.0 Å². The smallest absolute Gasteiger partial charge is 0.322 e. The maximum absolute atomic E-state index is 12.8. The highest BCUT2D eigenvalue weighted by atomic mass is 16.3. The van der Waals surface area contributed by atoms with Crippen LogP contribution < -0.4 is 10.6 Å². The fourth-order valence-electron chi connectivity index (χ4n) is 2.85. The Morgan fingerprint density at radius 2 is 1.85 bits per heavy atom. The lowest BCUT2D eigenvalue weighted by Gasteiger charge is -2.23. The predicted molar refractivity (Wildman–Crippen MR) is 96.3 cm³/mol. The van der Waals surface area contributed by atoms with E-state index in [0.29, 0.717) is 13.1 Å². The van der Waals surface area contributed by atoms with Gasteiger partial charge in [-0.15, -0.1) is 0 Å². The molecule has 0 unspecified atom stereocenters. The van der Waals surface area contributed by atoms with Crippen molar-refractivity contribution in [2.24, 2.45) is 0 Å². The molecular weight excluding hydrogens is 348 g/mol. The standard InChI is InChI=1S/C19H20N4O4/c24-15-5-3-13(4-6-15)11-23(12-14-2-1-9-20-10-14)17(25)8-7-16-18(26)22-19(27)21-16/h1-6,9-10,16,24H,7-8,11-12H2,(H2,21,22,26,27)/t16-/m0/s1. The number of pyridine rings is 1. The van der Waals surface area contributed by atoms with Crippen LogP contribution in [0, 0.1) is 0 Å². The summed E-state index contributed by atoms with van der Waals surface area (Å²) >= 11 is 0. The van der Waals surface area contributed by atoms with E-state index in [1.165, 1.54) is 0 Å². The molecule has 3 rings (SSSR count). The molecule has 0 bridgehead atoms. The molecule has 8 heteroatoms. The minimum absolute atomic E-state index is 0.122. The third-order valence-electron chi connectivity index (χ3n) is 4.26. The van der Waals surface area contributed by atoms with E-state index in [-0.39, 0.29) is 24.5 Å². The average Bonchev–Trinajstić information content (AvgIpc) is 2.99. The summed E-state index contributed by atoms with van der Waals surface area (Å²) in [6, 6.07) is 9.11. The molecule has 140 valence electrons. The fourth-order valence-corrected chi connectivity index (χ4v) is 2.85. The zero-order valence-corrected chi connectivity index (χ0v) is 14.6. The number of phenols is 1. The van der Waals surface area contributed by atoms with Crippen molar-refractivity contribution < 1.29 is 19.5 Å². The molecule has 3 N–H and O–H groups in total. The van der Waals surface area contributed by atoms with Gasteiger partial charge < -0.3 is 15.3 Å². The van der Waals surface area contributed by atoms with Gasteiger partial charge in [-0.05, 0) is 35.7 Å². The molecule has 1 saturated heterocycles. The van der Waals surface area contributed by atoms with Crippen molar-refractivity contribution in [1.29, 1.82) is 0 Å². The first-order valence-electron chi connectivity index (χ1n) is 8.57. The summed E-state index contributed by atoms with van der Waals surface area (Å²) in [4.78, 5) is 41.3. The molecular formula is C19H20N4O4. The molecule has 2 aromatic rings. The van der Waals surface area contributed by atoms with Crippen molar-refractivity contribution >= 4 is 17.8 Å². The second-order valence-electron chi connectivity index (χ2n) is 6.33. The van der Waals surface area contributed by atoms with Gasteiger partial charge in [0.05, 0.1) is 0 Å². The predicted octanol–water partition coefficient (Wildman–Crippen LogP) is 1.30. The Morgan fingerprint density at radius 3 is 2.48 bits per heavy atom. The molecule has 2 heterocycles. The van der Waals surface area contributed by atoms with E-state index >= 15 is 0 Å². The van der Waals surface area contributed by atoms with Gasteiger partial charge in [-0.1, -0.05) is 18.2 Å². The molecule has 0 spiro atoms. The molecule has 1 aromatic carbocycles. The summed E-state index contributed by atoms with van der Waals surface area (Å²) in [6.45, 7) is 0.730. The average molecular weight is 368 g/mol. The number of carbonyl (C=O) groups is 3. The number of amides is 4. The van der Waals surface area contributed by atoms with Gasteiger partial charge in [-0.25, -0.2) is 4.79 Å². The van der Waals surface area contributed by atoms with Gasteiger partial charge in [0.25, 0.3) is 5.91 Å². The van der Waals surface area contributed by atoms with Crippen molar-refractivity contribution in [2.45, 2.75) is 32.0 Å². The number of aromatic nitrogens is 1. The summed E-state index contributed by atoms with van der Waals surface area (Å²) in [7, 11) is 0. The summed E-state index contributed by atoms with van der Waals surface area (Å²) in [6.07, 6.45) is 3.71. The Morgan fingerprint density at radius 1 is 1.11 bits per heavy atom. The second-order valence-corrected chi connectivity index (χ2v) is 6.33. The lowest BCUT2D eigenvalue weighted by Crippen LogP contribution is -2.34. The highest BCUT2D eigenvalue weighted by molar-refractivity contribution is 6.04. The molecule has 0 saturated carbocycles. The van der Waals surface area contributed by atoms with Gasteiger partial charge in [0.1, 0.15) is 11.8 Å². The normalized spacial score (nSPS) is 15.9. The van der Waals surface area contributed by atoms with Crippen LogP contribution in [-0.4, -0.2) is 38.9 Å². The minimum atomic E-state index is -0.685. The van der Waals surface area contributed by atoms with Crippen LogP contribution in [0.15, 0.2) is 48.8 Å². The van der Waals surface area contributed by atoms with Gasteiger partial charge >= 0.3 is 6.03 Å². The van der Waals surface area contributed by atoms with Gasteiger partial charge in [-0.2, -0.15) is 0 Å². The van der Waals surface area contributed by atoms with E-state index in [0.717, 1.165) is 11.1 Å². The summed E-state index contributed by atoms with van der Waals surface area (Å²) in [5.74, 6) is -0.391. The van der Waals surface area contributed by atoms with Crippen molar-refractivity contribution in [3.63, 3.8) is 0 Å². The lowest BCUT2D eigenvalue weighted by atomic mass is 10.1. The van der Waals surface area contributed by atoms with Crippen molar-refractivity contribution in [2.75, 3.05) is 0 Å². The van der Waals surface area contributed by atoms with Crippen LogP contribution >= 0.6 is 0 Å². The zero-order chi connectivity index (χ0) is 19.2. The number of nitrogens with zero attached hydrogens (tertiary/aromatic N) is 2. The van der Waals surface area contributed by atoms with Crippen LogP contribution in [0.1, 0.15) is 24.0 Å². The first-order valence-corrected chi connectivity index (χ1v) is 8.57.